The Morgan fingerprint density at radius 3 is 2.67 bits per heavy atom. The van der Waals surface area contributed by atoms with Gasteiger partial charge >= 0.3 is 0 Å². The van der Waals surface area contributed by atoms with Gasteiger partial charge in [-0.2, -0.15) is 0 Å². The van der Waals surface area contributed by atoms with E-state index >= 15 is 0 Å². The van der Waals surface area contributed by atoms with Crippen LogP contribution in [0, 0.1) is 5.92 Å². The molecule has 2 fully saturated rings. The van der Waals surface area contributed by atoms with E-state index in [2.05, 4.69) is 17.3 Å². The van der Waals surface area contributed by atoms with Gasteiger partial charge in [0, 0.05) is 25.2 Å². The van der Waals surface area contributed by atoms with Crippen LogP contribution in [0.5, 0.6) is 0 Å². The molecule has 2 atom stereocenters. The van der Waals surface area contributed by atoms with Crippen molar-refractivity contribution >= 4 is 5.91 Å². The van der Waals surface area contributed by atoms with Crippen LogP contribution < -0.4 is 11.1 Å². The van der Waals surface area contributed by atoms with Gasteiger partial charge in [-0.3, -0.25) is 4.79 Å². The van der Waals surface area contributed by atoms with Gasteiger partial charge in [-0.25, -0.2) is 0 Å². The molecule has 2 saturated heterocycles. The summed E-state index contributed by atoms with van der Waals surface area (Å²) in [4.78, 5) is 14.0. The number of carbonyl (C=O) groups excluding carboxylic acids is 1. The zero-order valence-electron chi connectivity index (χ0n) is 11.2. The van der Waals surface area contributed by atoms with E-state index in [9.17, 15) is 4.79 Å². The minimum atomic E-state index is -0.0188. The first kappa shape index (κ1) is 13.8. The van der Waals surface area contributed by atoms with Crippen LogP contribution in [0.2, 0.25) is 0 Å². The summed E-state index contributed by atoms with van der Waals surface area (Å²) >= 11 is 0. The molecule has 2 aliphatic heterocycles. The third-order valence-electron chi connectivity index (χ3n) is 4.28. The number of ether oxygens (including phenoxy) is 1. The molecule has 3 N–H and O–H groups in total. The maximum atomic E-state index is 11.5. The smallest absolute Gasteiger partial charge is 0.246 e. The Balaban J connectivity index is 1.64. The molecule has 0 aromatic rings. The molecule has 0 aromatic heterocycles. The number of carbonyl (C=O) groups is 1. The van der Waals surface area contributed by atoms with Gasteiger partial charge in [0.2, 0.25) is 5.91 Å². The number of hydrogen-bond donors (Lipinski definition) is 2. The number of rotatable bonds is 6. The van der Waals surface area contributed by atoms with E-state index in [1.807, 2.05) is 0 Å². The van der Waals surface area contributed by atoms with Gasteiger partial charge in [-0.1, -0.05) is 0 Å². The molecular weight excluding hydrogens is 230 g/mol. The van der Waals surface area contributed by atoms with Crippen LogP contribution in [-0.4, -0.2) is 56.2 Å². The predicted octanol–water partition coefficient (Wildman–Crippen LogP) is -0.0493. The van der Waals surface area contributed by atoms with E-state index in [0.29, 0.717) is 19.1 Å². The Morgan fingerprint density at radius 1 is 1.39 bits per heavy atom. The highest BCUT2D eigenvalue weighted by molar-refractivity contribution is 5.77. The molecule has 104 valence electrons. The van der Waals surface area contributed by atoms with Crippen LogP contribution in [0.25, 0.3) is 0 Å². The molecule has 2 unspecified atom stereocenters. The van der Waals surface area contributed by atoms with Crippen LogP contribution in [-0.2, 0) is 9.53 Å². The number of nitrogens with one attached hydrogen (secondary N) is 1. The Labute approximate surface area is 109 Å². The minimum absolute atomic E-state index is 0.0188. The zero-order valence-corrected chi connectivity index (χ0v) is 11.2. The summed E-state index contributed by atoms with van der Waals surface area (Å²) in [5, 5.41) is 2.97. The lowest BCUT2D eigenvalue weighted by molar-refractivity contribution is -0.125. The number of piperidine rings is 1. The molecule has 2 bridgehead atoms. The fourth-order valence-electron chi connectivity index (χ4n) is 3.25. The summed E-state index contributed by atoms with van der Waals surface area (Å²) in [6, 6.07) is 1.47. The van der Waals surface area contributed by atoms with Gasteiger partial charge in [-0.15, -0.1) is 0 Å². The summed E-state index contributed by atoms with van der Waals surface area (Å²) < 4.78 is 5.11. The summed E-state index contributed by atoms with van der Waals surface area (Å²) in [6.07, 6.45) is 5.09. The normalized spacial score (nSPS) is 31.6. The first-order chi connectivity index (χ1) is 8.70. The number of nitrogens with two attached hydrogens (primary N) is 1. The van der Waals surface area contributed by atoms with Crippen molar-refractivity contribution in [2.45, 2.75) is 37.8 Å². The third kappa shape index (κ3) is 3.43. The number of nitrogens with zero attached hydrogens (tertiary/aromatic N) is 1. The molecule has 2 rings (SSSR count). The van der Waals surface area contributed by atoms with Crippen molar-refractivity contribution in [2.24, 2.45) is 11.7 Å². The lowest BCUT2D eigenvalue weighted by Gasteiger charge is -2.36. The second kappa shape index (κ2) is 6.50. The second-order valence-corrected chi connectivity index (χ2v) is 5.53. The van der Waals surface area contributed by atoms with Crippen molar-refractivity contribution in [1.82, 2.24) is 10.2 Å². The van der Waals surface area contributed by atoms with Gasteiger partial charge in [-0.05, 0) is 38.6 Å². The maximum absolute atomic E-state index is 11.5. The van der Waals surface area contributed by atoms with Crippen LogP contribution >= 0.6 is 0 Å². The third-order valence-corrected chi connectivity index (χ3v) is 4.28. The molecule has 0 radical (unpaired) electrons. The van der Waals surface area contributed by atoms with E-state index in [4.69, 9.17) is 10.5 Å². The lowest BCUT2D eigenvalue weighted by Crippen LogP contribution is -2.43. The van der Waals surface area contributed by atoms with E-state index in [1.54, 1.807) is 0 Å². The number of hydrogen-bond acceptors (Lipinski definition) is 4. The first-order valence-electron chi connectivity index (χ1n) is 6.97. The van der Waals surface area contributed by atoms with E-state index in [0.717, 1.165) is 18.6 Å². The lowest BCUT2D eigenvalue weighted by atomic mass is 9.91. The van der Waals surface area contributed by atoms with Gasteiger partial charge in [0.25, 0.3) is 0 Å². The van der Waals surface area contributed by atoms with Crippen molar-refractivity contribution in [2.75, 3.05) is 33.4 Å². The highest BCUT2D eigenvalue weighted by Gasteiger charge is 2.38. The molecule has 0 saturated carbocycles. The zero-order chi connectivity index (χ0) is 13.0. The van der Waals surface area contributed by atoms with Crippen molar-refractivity contribution in [3.05, 3.63) is 0 Å². The summed E-state index contributed by atoms with van der Waals surface area (Å²) in [7, 11) is 2.23. The van der Waals surface area contributed by atoms with Crippen molar-refractivity contribution in [3.63, 3.8) is 0 Å². The summed E-state index contributed by atoms with van der Waals surface area (Å²) in [5.74, 6) is 0.617. The fraction of sp³-hybridized carbons (Fsp3) is 0.923. The van der Waals surface area contributed by atoms with Gasteiger partial charge < -0.3 is 20.7 Å². The number of amides is 1. The first-order valence-corrected chi connectivity index (χ1v) is 6.97. The van der Waals surface area contributed by atoms with E-state index < -0.39 is 0 Å². The van der Waals surface area contributed by atoms with Crippen LogP contribution in [0.1, 0.15) is 25.7 Å². The van der Waals surface area contributed by atoms with Crippen molar-refractivity contribution in [3.8, 4) is 0 Å². The quantitative estimate of drug-likeness (QED) is 0.653. The van der Waals surface area contributed by atoms with Crippen LogP contribution in [0.15, 0.2) is 0 Å². The Morgan fingerprint density at radius 2 is 2.06 bits per heavy atom. The molecule has 2 aliphatic rings. The minimum Gasteiger partial charge on any atom is -0.370 e. The monoisotopic (exact) mass is 255 g/mol. The highest BCUT2D eigenvalue weighted by Crippen LogP contribution is 2.36. The topological polar surface area (TPSA) is 67.6 Å². The standard InChI is InChI=1S/C13H25N3O2/c1-16-11-2-3-12(16)7-10(6-11)8-15-13(17)9-18-5-4-14/h10-12H,2-9,14H2,1H3,(H,15,17). The maximum Gasteiger partial charge on any atom is 0.246 e. The Bertz CT molecular complexity index is 271. The largest absolute Gasteiger partial charge is 0.370 e. The summed E-state index contributed by atoms with van der Waals surface area (Å²) in [5.41, 5.74) is 5.29. The molecule has 0 spiro atoms. The molecule has 0 aromatic carbocycles. The molecule has 2 heterocycles. The number of fused-ring (bicyclic) bond motifs is 2. The van der Waals surface area contributed by atoms with Crippen LogP contribution in [0.3, 0.4) is 0 Å². The second-order valence-electron chi connectivity index (χ2n) is 5.53. The molecule has 0 aliphatic carbocycles. The van der Waals surface area contributed by atoms with Crippen molar-refractivity contribution < 1.29 is 9.53 Å². The Hall–Kier alpha value is -0.650. The average Bonchev–Trinajstić information content (AvgIpc) is 2.60. The molecule has 5 nitrogen and oxygen atoms in total. The molecule has 5 heteroatoms. The van der Waals surface area contributed by atoms with Crippen LogP contribution in [0.4, 0.5) is 0 Å². The Kier molecular flexibility index (Phi) is 4.97. The van der Waals surface area contributed by atoms with Gasteiger partial charge in [0.15, 0.2) is 0 Å². The fourth-order valence-corrected chi connectivity index (χ4v) is 3.25. The molecule has 1 amide bonds. The van der Waals surface area contributed by atoms with Gasteiger partial charge in [0.05, 0.1) is 6.61 Å². The highest BCUT2D eigenvalue weighted by atomic mass is 16.5. The van der Waals surface area contributed by atoms with E-state index in [1.165, 1.54) is 25.7 Å². The average molecular weight is 255 g/mol. The van der Waals surface area contributed by atoms with Gasteiger partial charge in [0.1, 0.15) is 6.61 Å². The summed E-state index contributed by atoms with van der Waals surface area (Å²) in [6.45, 7) is 1.85. The molecule has 18 heavy (non-hydrogen) atoms. The SMILES string of the molecule is CN1C2CCC1CC(CNC(=O)COCCN)C2. The predicted molar refractivity (Wildman–Crippen MR) is 70.2 cm³/mol. The molecular formula is C13H25N3O2. The van der Waals surface area contributed by atoms with Crippen molar-refractivity contribution in [1.29, 1.82) is 0 Å². The van der Waals surface area contributed by atoms with E-state index in [-0.39, 0.29) is 12.5 Å².